The van der Waals surface area contributed by atoms with E-state index in [4.69, 9.17) is 4.42 Å². The van der Waals surface area contributed by atoms with Crippen LogP contribution < -0.4 is 31.1 Å². The van der Waals surface area contributed by atoms with Crippen LogP contribution in [0.5, 0.6) is 0 Å². The highest BCUT2D eigenvalue weighted by Gasteiger charge is 2.44. The third kappa shape index (κ3) is 6.75. The first-order valence-corrected chi connectivity index (χ1v) is 23.5. The Morgan fingerprint density at radius 3 is 1.67 bits per heavy atom. The Balaban J connectivity index is 1.18. The summed E-state index contributed by atoms with van der Waals surface area (Å²) in [5.74, 6) is 0. The molecule has 0 fully saturated rings. The van der Waals surface area contributed by atoms with Crippen LogP contribution in [0.25, 0.3) is 32.7 Å². The van der Waals surface area contributed by atoms with Crippen LogP contribution in [-0.2, 0) is 10.8 Å². The lowest BCUT2D eigenvalue weighted by atomic mass is 9.33. The van der Waals surface area contributed by atoms with Gasteiger partial charge in [0, 0.05) is 61.5 Å². The third-order valence-electron chi connectivity index (χ3n) is 14.0. The first-order chi connectivity index (χ1) is 32.5. The Hall–Kier alpha value is -7.76. The summed E-state index contributed by atoms with van der Waals surface area (Å²) in [6.45, 7) is 13.8. The second kappa shape index (κ2) is 15.4. The molecule has 5 heteroatoms. The highest BCUT2D eigenvalue weighted by molar-refractivity contribution is 7.00. The summed E-state index contributed by atoms with van der Waals surface area (Å²) in [6, 6.07) is 72.2. The summed E-state index contributed by atoms with van der Waals surface area (Å²) in [5.41, 5.74) is 18.9. The van der Waals surface area contributed by atoms with Gasteiger partial charge in [-0.1, -0.05) is 163 Å². The van der Waals surface area contributed by atoms with Crippen molar-refractivity contribution in [3.05, 3.63) is 218 Å². The van der Waals surface area contributed by atoms with Crippen molar-refractivity contribution in [1.29, 1.82) is 0 Å². The number of fused-ring (bicyclic) bond motifs is 6. The van der Waals surface area contributed by atoms with E-state index < -0.39 is 0 Å². The highest BCUT2D eigenvalue weighted by atomic mass is 16.3. The van der Waals surface area contributed by atoms with E-state index >= 15 is 0 Å². The molecular weight excluding hydrogens is 814 g/mol. The second-order valence-electron chi connectivity index (χ2n) is 20.3. The van der Waals surface area contributed by atoms with Gasteiger partial charge < -0.3 is 19.1 Å². The fourth-order valence-electron chi connectivity index (χ4n) is 10.6. The van der Waals surface area contributed by atoms with Gasteiger partial charge in [-0.15, -0.1) is 0 Å². The molecule has 0 N–H and O–H groups in total. The van der Waals surface area contributed by atoms with Crippen molar-refractivity contribution >= 4 is 95.8 Å². The number of anilines is 9. The fourth-order valence-corrected chi connectivity index (χ4v) is 10.6. The number of para-hydroxylation sites is 2. The molecule has 4 nitrogen and oxygen atoms in total. The van der Waals surface area contributed by atoms with Gasteiger partial charge in [0.15, 0.2) is 0 Å². The van der Waals surface area contributed by atoms with Crippen molar-refractivity contribution in [3.63, 3.8) is 0 Å². The lowest BCUT2D eigenvalue weighted by Crippen LogP contribution is -2.61. The predicted octanol–water partition coefficient (Wildman–Crippen LogP) is 15.4. The van der Waals surface area contributed by atoms with E-state index in [9.17, 15) is 0 Å². The predicted molar refractivity (Wildman–Crippen MR) is 285 cm³/mol. The van der Waals surface area contributed by atoms with E-state index in [1.165, 1.54) is 66.5 Å². The number of hydrogen-bond acceptors (Lipinski definition) is 4. The normalized spacial score (nSPS) is 13.1. The van der Waals surface area contributed by atoms with Crippen LogP contribution in [0.1, 0.15) is 52.7 Å². The molecule has 0 bridgehead atoms. The zero-order valence-corrected chi connectivity index (χ0v) is 39.0. The average Bonchev–Trinajstić information content (AvgIpc) is 3.81. The Morgan fingerprint density at radius 1 is 0.433 bits per heavy atom. The first kappa shape index (κ1) is 40.7. The molecule has 2 aliphatic rings. The van der Waals surface area contributed by atoms with Gasteiger partial charge in [0.1, 0.15) is 0 Å². The Labute approximate surface area is 394 Å². The fraction of sp³-hybridized carbons (Fsp3) is 0.129. The largest absolute Gasteiger partial charge is 0.471 e. The molecule has 1 aromatic heterocycles. The van der Waals surface area contributed by atoms with Crippen LogP contribution in [-0.4, -0.2) is 6.71 Å². The van der Waals surface area contributed by atoms with Crippen LogP contribution >= 0.6 is 0 Å². The minimum atomic E-state index is -0.138. The molecule has 3 heterocycles. The maximum Gasteiger partial charge on any atom is 0.252 e. The van der Waals surface area contributed by atoms with Gasteiger partial charge in [0.2, 0.25) is 0 Å². The molecule has 0 atom stereocenters. The van der Waals surface area contributed by atoms with E-state index in [0.717, 1.165) is 44.9 Å². The summed E-state index contributed by atoms with van der Waals surface area (Å²) in [7, 11) is 0. The van der Waals surface area contributed by atoms with Crippen molar-refractivity contribution in [3.8, 4) is 11.1 Å². The van der Waals surface area contributed by atoms with Gasteiger partial charge in [-0.2, -0.15) is 0 Å². The molecule has 324 valence electrons. The molecule has 0 unspecified atom stereocenters. The first-order valence-electron chi connectivity index (χ1n) is 23.5. The molecule has 0 aliphatic carbocycles. The van der Waals surface area contributed by atoms with Gasteiger partial charge in [0.25, 0.3) is 6.71 Å². The zero-order valence-electron chi connectivity index (χ0n) is 39.0. The second-order valence-corrected chi connectivity index (χ2v) is 20.3. The molecule has 0 saturated heterocycles. The van der Waals surface area contributed by atoms with Crippen molar-refractivity contribution in [2.45, 2.75) is 52.4 Å². The van der Waals surface area contributed by atoms with Crippen LogP contribution in [0.2, 0.25) is 0 Å². The van der Waals surface area contributed by atoms with E-state index in [1.807, 2.05) is 12.5 Å². The topological polar surface area (TPSA) is 22.9 Å². The van der Waals surface area contributed by atoms with Crippen molar-refractivity contribution in [2.24, 2.45) is 0 Å². The Kier molecular flexibility index (Phi) is 9.38. The minimum Gasteiger partial charge on any atom is -0.471 e. The number of rotatable bonds is 6. The molecular formula is C62H52BN3O. The minimum absolute atomic E-state index is 0.0408. The SMILES string of the molecule is CC(C)(C)c1ccc(N(c2ccc3c(c2)N(c2ccccc2)c2cc(C(C)(C)C)cc4c2B3c2cc3cocc3cc2N4c2ccccc2)c2cccc3ccccc23)c(-c2ccccc2)c1. The highest BCUT2D eigenvalue weighted by Crippen LogP contribution is 2.50. The van der Waals surface area contributed by atoms with Gasteiger partial charge in [0.05, 0.1) is 23.9 Å². The van der Waals surface area contributed by atoms with E-state index in [-0.39, 0.29) is 17.5 Å². The van der Waals surface area contributed by atoms with Gasteiger partial charge >= 0.3 is 0 Å². The number of nitrogens with zero attached hydrogens (tertiary/aromatic N) is 3. The van der Waals surface area contributed by atoms with E-state index in [2.05, 4.69) is 250 Å². The molecule has 10 aromatic rings. The van der Waals surface area contributed by atoms with Crippen molar-refractivity contribution < 1.29 is 4.42 Å². The Bertz CT molecular complexity index is 3510. The molecule has 0 amide bonds. The summed E-state index contributed by atoms with van der Waals surface area (Å²) in [4.78, 5) is 7.54. The van der Waals surface area contributed by atoms with Crippen molar-refractivity contribution in [2.75, 3.05) is 14.7 Å². The van der Waals surface area contributed by atoms with Crippen LogP contribution in [0.3, 0.4) is 0 Å². The molecule has 0 spiro atoms. The van der Waals surface area contributed by atoms with Crippen LogP contribution in [0.4, 0.5) is 51.2 Å². The number of benzene rings is 9. The lowest BCUT2D eigenvalue weighted by Gasteiger charge is -2.45. The maximum atomic E-state index is 5.91. The van der Waals surface area contributed by atoms with Gasteiger partial charge in [-0.05, 0) is 122 Å². The lowest BCUT2D eigenvalue weighted by molar-refractivity contribution is 0.572. The summed E-state index contributed by atoms with van der Waals surface area (Å²) >= 11 is 0. The molecule has 0 radical (unpaired) electrons. The summed E-state index contributed by atoms with van der Waals surface area (Å²) in [6.07, 6.45) is 3.77. The van der Waals surface area contributed by atoms with Crippen LogP contribution in [0.15, 0.2) is 211 Å². The standard InChI is InChI=1S/C62H52BN3O/c1-61(2,3)45-29-32-55(51(35-45)42-19-10-7-11-20-42)66(54-28-18-22-41-21-16-17-27-50(41)54)49-30-31-52-57(38-49)65(48-25-14-9-15-26-48)59-37-46(62(4,5)6)36-58-60(59)63(52)53-33-43-39-67-40-44(43)34-56(53)64(58)47-23-12-8-13-24-47/h7-40H,1-6H3. The molecule has 12 rings (SSSR count). The number of hydrogen-bond donors (Lipinski definition) is 0. The summed E-state index contributed by atoms with van der Waals surface area (Å²) in [5, 5.41) is 4.58. The van der Waals surface area contributed by atoms with Crippen molar-refractivity contribution in [1.82, 2.24) is 0 Å². The molecule has 0 saturated carbocycles. The summed E-state index contributed by atoms with van der Waals surface area (Å²) < 4.78 is 5.91. The molecule has 2 aliphatic heterocycles. The van der Waals surface area contributed by atoms with E-state index in [1.54, 1.807) is 0 Å². The molecule has 9 aromatic carbocycles. The quantitative estimate of drug-likeness (QED) is 0.155. The van der Waals surface area contributed by atoms with E-state index in [0.29, 0.717) is 0 Å². The van der Waals surface area contributed by atoms with Gasteiger partial charge in [-0.25, -0.2) is 0 Å². The number of furan rings is 1. The third-order valence-corrected chi connectivity index (χ3v) is 14.0. The zero-order chi connectivity index (χ0) is 45.6. The smallest absolute Gasteiger partial charge is 0.252 e. The Morgan fingerprint density at radius 2 is 1.01 bits per heavy atom. The van der Waals surface area contributed by atoms with Crippen LogP contribution in [0, 0.1) is 0 Å². The van der Waals surface area contributed by atoms with Gasteiger partial charge in [-0.3, -0.25) is 0 Å². The maximum absolute atomic E-state index is 5.91. The average molecular weight is 866 g/mol. The monoisotopic (exact) mass is 865 g/mol. The molecule has 67 heavy (non-hydrogen) atoms.